The molecule has 4 nitrogen and oxygen atoms in total. The normalized spacial score (nSPS) is 47.9. The zero-order valence-corrected chi connectivity index (χ0v) is 27.5. The molecule has 2 unspecified atom stereocenters. The van der Waals surface area contributed by atoms with Crippen LogP contribution in [-0.4, -0.2) is 34.1 Å². The molecule has 0 aliphatic heterocycles. The van der Waals surface area contributed by atoms with E-state index in [9.17, 15) is 15.3 Å². The van der Waals surface area contributed by atoms with E-state index in [1.54, 1.807) is 5.57 Å². The number of benzene rings is 1. The first-order valence-electron chi connectivity index (χ1n) is 17.0. The van der Waals surface area contributed by atoms with Gasteiger partial charge in [-0.3, -0.25) is 0 Å². The van der Waals surface area contributed by atoms with Crippen molar-refractivity contribution in [3.8, 4) is 0 Å². The third kappa shape index (κ3) is 4.28. The van der Waals surface area contributed by atoms with Crippen LogP contribution in [0.1, 0.15) is 117 Å². The summed E-state index contributed by atoms with van der Waals surface area (Å²) in [4.78, 5) is 0. The molecule has 0 heterocycles. The van der Waals surface area contributed by atoms with E-state index in [1.165, 1.54) is 31.2 Å². The van der Waals surface area contributed by atoms with Gasteiger partial charge in [0, 0.05) is 10.8 Å². The largest absolute Gasteiger partial charge is 0.396 e. The lowest BCUT2D eigenvalue weighted by atomic mass is 9.33. The zero-order valence-electron chi connectivity index (χ0n) is 27.5. The lowest BCUT2D eigenvalue weighted by Crippen LogP contribution is -2.66. The Kier molecular flexibility index (Phi) is 7.45. The van der Waals surface area contributed by atoms with Crippen molar-refractivity contribution in [2.24, 2.45) is 50.2 Å². The number of rotatable bonds is 5. The molecule has 4 heteroatoms. The van der Waals surface area contributed by atoms with Gasteiger partial charge in [-0.1, -0.05) is 84.4 Å². The molecular formula is C38H58O4. The molecule has 0 saturated heterocycles. The first kappa shape index (κ1) is 30.8. The topological polar surface area (TPSA) is 69.9 Å². The summed E-state index contributed by atoms with van der Waals surface area (Å²) < 4.78 is 6.89. The summed E-state index contributed by atoms with van der Waals surface area (Å²) in [7, 11) is 0. The number of fused-ring (bicyclic) bond motifs is 7. The summed E-state index contributed by atoms with van der Waals surface area (Å²) in [5, 5.41) is 31.1. The third-order valence-corrected chi connectivity index (χ3v) is 14.9. The Balaban J connectivity index is 1.32. The van der Waals surface area contributed by atoms with E-state index in [4.69, 9.17) is 4.74 Å². The van der Waals surface area contributed by atoms with Crippen LogP contribution in [0.4, 0.5) is 0 Å². The van der Waals surface area contributed by atoms with Gasteiger partial charge in [0.15, 0.2) is 0 Å². The van der Waals surface area contributed by atoms with E-state index < -0.39 is 11.5 Å². The van der Waals surface area contributed by atoms with Gasteiger partial charge in [0.05, 0.1) is 32.0 Å². The molecule has 234 valence electrons. The first-order chi connectivity index (χ1) is 19.7. The Morgan fingerprint density at radius 2 is 1.48 bits per heavy atom. The Morgan fingerprint density at radius 1 is 0.786 bits per heavy atom. The van der Waals surface area contributed by atoms with E-state index in [1.807, 2.05) is 12.1 Å². The smallest absolute Gasteiger partial charge is 0.0720 e. The van der Waals surface area contributed by atoms with Crippen molar-refractivity contribution in [2.45, 2.75) is 132 Å². The van der Waals surface area contributed by atoms with Gasteiger partial charge in [-0.15, -0.1) is 0 Å². The summed E-state index contributed by atoms with van der Waals surface area (Å²) in [5.74, 6) is 1.47. The summed E-state index contributed by atoms with van der Waals surface area (Å²) in [6, 6.07) is 8.22. The Labute approximate surface area is 255 Å². The second-order valence-electron chi connectivity index (χ2n) is 17.4. The van der Waals surface area contributed by atoms with Crippen molar-refractivity contribution in [3.63, 3.8) is 0 Å². The van der Waals surface area contributed by atoms with E-state index in [0.717, 1.165) is 37.7 Å². The molecule has 5 aliphatic carbocycles. The van der Waals surface area contributed by atoms with Crippen LogP contribution in [-0.2, 0) is 18.0 Å². The number of hydrogen-bond donors (Lipinski definition) is 3. The standard InChI is InChI=1S/C38H58O4/c1-33(2)20-28-27-12-13-30-35(4)16-15-31(41)36(5,24-40)29(35)14-17-38(30,7)37(27,6)19-18-34(28,3)32(21-33)42-23-26-10-8-25(22-39)9-11-26/h8-12,28-32,39-41H,13-24H2,1-7H3/t28-,29?,30-,31+,32-,34-,35+,36?,37-,38-/m1/s1. The van der Waals surface area contributed by atoms with Gasteiger partial charge in [0.1, 0.15) is 0 Å². The van der Waals surface area contributed by atoms with Gasteiger partial charge >= 0.3 is 0 Å². The fourth-order valence-corrected chi connectivity index (χ4v) is 11.9. The van der Waals surface area contributed by atoms with Crippen LogP contribution >= 0.6 is 0 Å². The highest BCUT2D eigenvalue weighted by atomic mass is 16.5. The average molecular weight is 579 g/mol. The van der Waals surface area contributed by atoms with Crippen molar-refractivity contribution in [1.82, 2.24) is 0 Å². The fourth-order valence-electron chi connectivity index (χ4n) is 11.9. The average Bonchev–Trinajstić information content (AvgIpc) is 2.95. The minimum atomic E-state index is -0.403. The molecule has 1 aromatic carbocycles. The molecule has 3 N–H and O–H groups in total. The van der Waals surface area contributed by atoms with Crippen molar-refractivity contribution < 1.29 is 20.1 Å². The first-order valence-corrected chi connectivity index (χ1v) is 17.0. The Bertz CT molecular complexity index is 1200. The lowest BCUT2D eigenvalue weighted by Gasteiger charge is -2.71. The van der Waals surface area contributed by atoms with Gasteiger partial charge < -0.3 is 20.1 Å². The van der Waals surface area contributed by atoms with E-state index in [2.05, 4.69) is 66.7 Å². The highest BCUT2D eigenvalue weighted by Gasteiger charge is 2.69. The van der Waals surface area contributed by atoms with Gasteiger partial charge in [-0.05, 0) is 108 Å². The van der Waals surface area contributed by atoms with Crippen LogP contribution in [0, 0.1) is 50.2 Å². The summed E-state index contributed by atoms with van der Waals surface area (Å²) in [5.41, 5.74) is 4.32. The van der Waals surface area contributed by atoms with Crippen molar-refractivity contribution in [3.05, 3.63) is 47.0 Å². The van der Waals surface area contributed by atoms with Crippen LogP contribution in [0.3, 0.4) is 0 Å². The SMILES string of the molecule is CC1(C)C[C@@H]2C3=CC[C@@H]4[C@@]5(C)CC[C@H](O)C(C)(CO)C5CC[C@@]4(C)[C@]3(C)CC[C@@]2(C)[C@H](OCc2ccc(CO)cc2)C1. The van der Waals surface area contributed by atoms with Crippen molar-refractivity contribution >= 4 is 0 Å². The number of aliphatic hydroxyl groups is 3. The molecule has 4 fully saturated rings. The van der Waals surface area contributed by atoms with Crippen LogP contribution in [0.5, 0.6) is 0 Å². The molecule has 0 spiro atoms. The van der Waals surface area contributed by atoms with Gasteiger partial charge in [0.25, 0.3) is 0 Å². The maximum atomic E-state index is 11.1. The molecule has 42 heavy (non-hydrogen) atoms. The van der Waals surface area contributed by atoms with E-state index in [-0.39, 0.29) is 46.4 Å². The minimum Gasteiger partial charge on any atom is -0.396 e. The Hall–Kier alpha value is -1.20. The molecule has 1 aromatic rings. The fraction of sp³-hybridized carbons (Fsp3) is 0.789. The Morgan fingerprint density at radius 3 is 2.14 bits per heavy atom. The highest BCUT2D eigenvalue weighted by Crippen LogP contribution is 2.75. The second-order valence-corrected chi connectivity index (χ2v) is 17.4. The van der Waals surface area contributed by atoms with Crippen LogP contribution in [0.25, 0.3) is 0 Å². The third-order valence-electron chi connectivity index (χ3n) is 14.9. The summed E-state index contributed by atoms with van der Waals surface area (Å²) in [6.45, 7) is 18.2. The monoisotopic (exact) mass is 578 g/mol. The molecule has 10 atom stereocenters. The molecular weight excluding hydrogens is 520 g/mol. The molecule has 0 amide bonds. The van der Waals surface area contributed by atoms with Crippen LogP contribution < -0.4 is 0 Å². The van der Waals surface area contributed by atoms with Gasteiger partial charge in [0.2, 0.25) is 0 Å². The maximum absolute atomic E-state index is 11.1. The summed E-state index contributed by atoms with van der Waals surface area (Å²) >= 11 is 0. The van der Waals surface area contributed by atoms with Gasteiger partial charge in [-0.2, -0.15) is 0 Å². The molecule has 0 aromatic heterocycles. The zero-order chi connectivity index (χ0) is 30.3. The number of hydrogen-bond acceptors (Lipinski definition) is 4. The van der Waals surface area contributed by atoms with Crippen LogP contribution in [0.2, 0.25) is 0 Å². The predicted molar refractivity (Wildman–Crippen MR) is 168 cm³/mol. The van der Waals surface area contributed by atoms with Crippen LogP contribution in [0.15, 0.2) is 35.9 Å². The van der Waals surface area contributed by atoms with E-state index in [0.29, 0.717) is 24.4 Å². The lowest BCUT2D eigenvalue weighted by molar-refractivity contribution is -0.220. The van der Waals surface area contributed by atoms with E-state index >= 15 is 0 Å². The molecule has 5 aliphatic rings. The van der Waals surface area contributed by atoms with Gasteiger partial charge in [-0.25, -0.2) is 0 Å². The molecule has 0 bridgehead atoms. The predicted octanol–water partition coefficient (Wildman–Crippen LogP) is 7.83. The van der Waals surface area contributed by atoms with Crippen molar-refractivity contribution in [2.75, 3.05) is 6.61 Å². The minimum absolute atomic E-state index is 0.0773. The molecule has 4 saturated carbocycles. The number of allylic oxidation sites excluding steroid dienone is 2. The maximum Gasteiger partial charge on any atom is 0.0720 e. The highest BCUT2D eigenvalue weighted by molar-refractivity contribution is 5.34. The second kappa shape index (κ2) is 10.2. The quantitative estimate of drug-likeness (QED) is 0.312. The molecule has 0 radical (unpaired) electrons. The van der Waals surface area contributed by atoms with Crippen molar-refractivity contribution in [1.29, 1.82) is 0 Å². The number of aliphatic hydroxyl groups excluding tert-OH is 3. The number of ether oxygens (including phenoxy) is 1. The molecule has 6 rings (SSSR count). The summed E-state index contributed by atoms with van der Waals surface area (Å²) in [6.07, 6.45) is 12.6.